The second-order valence-electron chi connectivity index (χ2n) is 8.88. The van der Waals surface area contributed by atoms with Gasteiger partial charge in [0.05, 0.1) is 0 Å². The van der Waals surface area contributed by atoms with E-state index in [-0.39, 0.29) is 11.3 Å². The Morgan fingerprint density at radius 2 is 1.90 bits per heavy atom. The first-order valence-electron chi connectivity index (χ1n) is 10.7. The smallest absolute Gasteiger partial charge is 0.326 e. The number of nitrogens with one attached hydrogen (secondary N) is 2. The number of unbranched alkanes of at least 4 members (excludes halogenated alkanes) is 1. The molecule has 29 heavy (non-hydrogen) atoms. The lowest BCUT2D eigenvalue weighted by Crippen LogP contribution is -2.51. The summed E-state index contributed by atoms with van der Waals surface area (Å²) < 4.78 is 4.92. The summed E-state index contributed by atoms with van der Waals surface area (Å²) in [7, 11) is 0. The molecule has 0 bridgehead atoms. The molecule has 1 spiro atoms. The van der Waals surface area contributed by atoms with Crippen LogP contribution in [-0.2, 0) is 19.1 Å². The number of hydrogen-bond donors (Lipinski definition) is 2. The van der Waals surface area contributed by atoms with E-state index in [0.29, 0.717) is 25.3 Å². The number of urea groups is 1. The number of rotatable bonds is 9. The average Bonchev–Trinajstić information content (AvgIpc) is 2.91. The van der Waals surface area contributed by atoms with Gasteiger partial charge < -0.3 is 15.4 Å². The number of ether oxygens (including phenoxy) is 1. The maximum atomic E-state index is 12.9. The van der Waals surface area contributed by atoms with Crippen LogP contribution in [0.2, 0.25) is 0 Å². The summed E-state index contributed by atoms with van der Waals surface area (Å²) >= 11 is 0. The number of carbonyl (C=O) groups excluding carboxylic acids is 4. The molecule has 1 heterocycles. The Morgan fingerprint density at radius 3 is 2.48 bits per heavy atom. The van der Waals surface area contributed by atoms with Gasteiger partial charge in [0, 0.05) is 6.54 Å². The minimum atomic E-state index is -0.908. The third kappa shape index (κ3) is 5.48. The first-order valence-corrected chi connectivity index (χ1v) is 10.7. The Kier molecular flexibility index (Phi) is 7.66. The molecule has 0 atom stereocenters. The molecule has 164 valence electrons. The van der Waals surface area contributed by atoms with E-state index in [2.05, 4.69) is 31.4 Å². The van der Waals surface area contributed by atoms with Crippen LogP contribution in [0.15, 0.2) is 0 Å². The van der Waals surface area contributed by atoms with E-state index < -0.39 is 36.6 Å². The molecule has 1 aliphatic carbocycles. The number of amides is 4. The molecule has 1 saturated carbocycles. The van der Waals surface area contributed by atoms with E-state index in [1.165, 1.54) is 0 Å². The van der Waals surface area contributed by atoms with Crippen LogP contribution in [0.25, 0.3) is 0 Å². The highest BCUT2D eigenvalue weighted by molar-refractivity contribution is 6.08. The molecule has 8 heteroatoms. The normalized spacial score (nSPS) is 24.6. The van der Waals surface area contributed by atoms with Gasteiger partial charge in [0.25, 0.3) is 11.8 Å². The number of nitrogens with zero attached hydrogens (tertiary/aromatic N) is 1. The van der Waals surface area contributed by atoms with Crippen LogP contribution in [0, 0.1) is 11.3 Å². The van der Waals surface area contributed by atoms with E-state index in [9.17, 15) is 19.2 Å². The fourth-order valence-electron chi connectivity index (χ4n) is 4.12. The Bertz CT molecular complexity index is 638. The molecular weight excluding hydrogens is 374 g/mol. The molecule has 2 aliphatic rings. The van der Waals surface area contributed by atoms with Crippen molar-refractivity contribution in [3.63, 3.8) is 0 Å². The summed E-state index contributed by atoms with van der Waals surface area (Å²) in [6.07, 6.45) is 5.75. The van der Waals surface area contributed by atoms with E-state index in [1.807, 2.05) is 6.92 Å². The second kappa shape index (κ2) is 9.59. The average molecular weight is 410 g/mol. The zero-order valence-electron chi connectivity index (χ0n) is 18.1. The van der Waals surface area contributed by atoms with Crippen LogP contribution in [0.4, 0.5) is 4.79 Å². The highest BCUT2D eigenvalue weighted by Gasteiger charge is 2.53. The quantitative estimate of drug-likeness (QED) is 0.346. The summed E-state index contributed by atoms with van der Waals surface area (Å²) in [5, 5.41) is 5.46. The van der Waals surface area contributed by atoms with Crippen molar-refractivity contribution in [2.45, 2.75) is 78.2 Å². The molecule has 0 aromatic carbocycles. The minimum absolute atomic E-state index is 0.203. The highest BCUT2D eigenvalue weighted by atomic mass is 16.5. The first kappa shape index (κ1) is 23.2. The van der Waals surface area contributed by atoms with Gasteiger partial charge in [-0.1, -0.05) is 40.5 Å². The molecule has 1 saturated heterocycles. The van der Waals surface area contributed by atoms with E-state index >= 15 is 0 Å². The number of esters is 1. The van der Waals surface area contributed by atoms with Gasteiger partial charge in [-0.2, -0.15) is 0 Å². The van der Waals surface area contributed by atoms with Crippen LogP contribution in [-0.4, -0.2) is 54.0 Å². The third-order valence-corrected chi connectivity index (χ3v) is 6.61. The predicted octanol–water partition coefficient (Wildman–Crippen LogP) is 2.36. The van der Waals surface area contributed by atoms with Crippen LogP contribution in [0.1, 0.15) is 72.6 Å². The number of hydrogen-bond acceptors (Lipinski definition) is 5. The largest absolute Gasteiger partial charge is 0.454 e. The van der Waals surface area contributed by atoms with E-state index in [1.54, 1.807) is 0 Å². The number of carbonyl (C=O) groups is 4. The van der Waals surface area contributed by atoms with Crippen molar-refractivity contribution in [3.8, 4) is 0 Å². The van der Waals surface area contributed by atoms with Gasteiger partial charge >= 0.3 is 12.0 Å². The lowest BCUT2D eigenvalue weighted by Gasteiger charge is -2.42. The van der Waals surface area contributed by atoms with E-state index in [4.69, 9.17) is 4.74 Å². The molecular formula is C21H35N3O5. The van der Waals surface area contributed by atoms with Gasteiger partial charge in [0.2, 0.25) is 0 Å². The molecule has 4 amide bonds. The SMILES string of the molecule is CCCCNC(=O)COC(=O)CN1C(=O)NC2(CCC(C(C)(C)CC)CC2)C1=O. The summed E-state index contributed by atoms with van der Waals surface area (Å²) in [6, 6.07) is -0.562. The number of imide groups is 1. The second-order valence-corrected chi connectivity index (χ2v) is 8.88. The molecule has 2 N–H and O–H groups in total. The molecule has 0 aromatic heterocycles. The fourth-order valence-corrected chi connectivity index (χ4v) is 4.12. The van der Waals surface area contributed by atoms with Crippen molar-refractivity contribution in [3.05, 3.63) is 0 Å². The Labute approximate surface area is 173 Å². The van der Waals surface area contributed by atoms with Gasteiger partial charge in [0.1, 0.15) is 12.1 Å². The van der Waals surface area contributed by atoms with Crippen LogP contribution >= 0.6 is 0 Å². The highest BCUT2D eigenvalue weighted by Crippen LogP contribution is 2.45. The lowest BCUT2D eigenvalue weighted by atomic mass is 9.65. The zero-order valence-corrected chi connectivity index (χ0v) is 18.1. The monoisotopic (exact) mass is 409 g/mol. The van der Waals surface area contributed by atoms with Crippen molar-refractivity contribution in [2.24, 2.45) is 11.3 Å². The van der Waals surface area contributed by atoms with Crippen molar-refractivity contribution in [1.29, 1.82) is 0 Å². The van der Waals surface area contributed by atoms with Gasteiger partial charge in [0.15, 0.2) is 6.61 Å². The van der Waals surface area contributed by atoms with Gasteiger partial charge in [-0.25, -0.2) is 4.79 Å². The standard InChI is InChI=1S/C21H35N3O5/c1-5-7-12-22-16(25)14-29-17(26)13-24-18(27)21(23-19(24)28)10-8-15(9-11-21)20(3,4)6-2/h15H,5-14H2,1-4H3,(H,22,25)(H,23,28). The summed E-state index contributed by atoms with van der Waals surface area (Å²) in [6.45, 7) is 8.30. The maximum Gasteiger partial charge on any atom is 0.326 e. The summed E-state index contributed by atoms with van der Waals surface area (Å²) in [5.74, 6) is -1.01. The van der Waals surface area contributed by atoms with Crippen molar-refractivity contribution in [2.75, 3.05) is 19.7 Å². The Hall–Kier alpha value is -2.12. The predicted molar refractivity (Wildman–Crippen MR) is 108 cm³/mol. The zero-order chi connectivity index (χ0) is 21.7. The third-order valence-electron chi connectivity index (χ3n) is 6.61. The van der Waals surface area contributed by atoms with Crippen molar-refractivity contribution < 1.29 is 23.9 Å². The van der Waals surface area contributed by atoms with Crippen molar-refractivity contribution >= 4 is 23.8 Å². The molecule has 1 aliphatic heterocycles. The minimum Gasteiger partial charge on any atom is -0.454 e. The Balaban J connectivity index is 1.86. The topological polar surface area (TPSA) is 105 Å². The maximum absolute atomic E-state index is 12.9. The van der Waals surface area contributed by atoms with Crippen LogP contribution < -0.4 is 10.6 Å². The summed E-state index contributed by atoms with van der Waals surface area (Å²) in [4.78, 5) is 49.8. The fraction of sp³-hybridized carbons (Fsp3) is 0.810. The van der Waals surface area contributed by atoms with Gasteiger partial charge in [-0.05, 0) is 43.4 Å². The molecule has 2 fully saturated rings. The molecule has 0 radical (unpaired) electrons. The molecule has 2 rings (SSSR count). The van der Waals surface area contributed by atoms with Gasteiger partial charge in [-0.15, -0.1) is 0 Å². The molecule has 8 nitrogen and oxygen atoms in total. The van der Waals surface area contributed by atoms with Crippen molar-refractivity contribution in [1.82, 2.24) is 15.5 Å². The van der Waals surface area contributed by atoms with Crippen LogP contribution in [0.3, 0.4) is 0 Å². The molecule has 0 aromatic rings. The van der Waals surface area contributed by atoms with Crippen LogP contribution in [0.5, 0.6) is 0 Å². The first-order chi connectivity index (χ1) is 13.6. The van der Waals surface area contributed by atoms with E-state index in [0.717, 1.165) is 37.0 Å². The van der Waals surface area contributed by atoms with Gasteiger partial charge in [-0.3, -0.25) is 19.3 Å². The molecule has 0 unspecified atom stereocenters. The lowest BCUT2D eigenvalue weighted by molar-refractivity contribution is -0.151. The summed E-state index contributed by atoms with van der Waals surface area (Å²) in [5.41, 5.74) is -0.705. The Morgan fingerprint density at radius 1 is 1.24 bits per heavy atom.